The molecule has 1 atom stereocenters. The molecule has 2 aromatic rings. The van der Waals surface area contributed by atoms with Crippen molar-refractivity contribution in [1.82, 2.24) is 4.98 Å². The van der Waals surface area contributed by atoms with Crippen LogP contribution in [0.2, 0.25) is 0 Å². The normalized spacial score (nSPS) is 15.2. The van der Waals surface area contributed by atoms with Gasteiger partial charge in [-0.3, -0.25) is 4.98 Å². The van der Waals surface area contributed by atoms with Gasteiger partial charge in [0.15, 0.2) is 5.60 Å². The zero-order valence-electron chi connectivity index (χ0n) is 19.0. The van der Waals surface area contributed by atoms with E-state index in [0.29, 0.717) is 16.8 Å². The molecule has 0 radical (unpaired) electrons. The van der Waals surface area contributed by atoms with E-state index >= 15 is 0 Å². The predicted molar refractivity (Wildman–Crippen MR) is 113 cm³/mol. The van der Waals surface area contributed by atoms with Gasteiger partial charge in [-0.05, 0) is 59.6 Å². The third-order valence-electron chi connectivity index (χ3n) is 5.29. The van der Waals surface area contributed by atoms with E-state index in [9.17, 15) is 23.4 Å². The van der Waals surface area contributed by atoms with Crippen molar-refractivity contribution in [3.63, 3.8) is 0 Å². The van der Waals surface area contributed by atoms with Crippen LogP contribution in [-0.2, 0) is 22.9 Å². The molecule has 0 fully saturated rings. The second kappa shape index (κ2) is 7.56. The Balaban J connectivity index is 2.84. The minimum atomic E-state index is -5.02. The van der Waals surface area contributed by atoms with Crippen LogP contribution in [-0.4, -0.2) is 21.4 Å². The van der Waals surface area contributed by atoms with Gasteiger partial charge in [0, 0.05) is 23.4 Å². The number of rotatable bonds is 3. The largest absolute Gasteiger partial charge is 0.507 e. The van der Waals surface area contributed by atoms with Crippen molar-refractivity contribution in [1.29, 1.82) is 0 Å². The summed E-state index contributed by atoms with van der Waals surface area (Å²) < 4.78 is 43.0. The molecule has 3 nitrogen and oxygen atoms in total. The number of phenolic OH excluding ortho intramolecular Hbond substituents is 1. The first-order chi connectivity index (χ1) is 13.4. The average molecular weight is 424 g/mol. The summed E-state index contributed by atoms with van der Waals surface area (Å²) in [5.74, 6) is -0.528. The summed E-state index contributed by atoms with van der Waals surface area (Å²) in [5, 5.41) is 22.0. The summed E-state index contributed by atoms with van der Waals surface area (Å²) in [6.07, 6.45) is -5.81. The van der Waals surface area contributed by atoms with Crippen molar-refractivity contribution in [2.75, 3.05) is 0 Å². The second-order valence-corrected chi connectivity index (χ2v) is 10.2. The maximum Gasteiger partial charge on any atom is 0.421 e. The Bertz CT molecular complexity index is 917. The third kappa shape index (κ3) is 4.80. The Hall–Kier alpha value is -2.08. The molecular weight excluding hydrogens is 391 g/mol. The summed E-state index contributed by atoms with van der Waals surface area (Å²) in [6.45, 7) is 14.6. The van der Waals surface area contributed by atoms with E-state index in [1.165, 1.54) is 12.1 Å². The summed E-state index contributed by atoms with van der Waals surface area (Å²) in [4.78, 5) is 4.19. The monoisotopic (exact) mass is 423 g/mol. The minimum absolute atomic E-state index is 0.116. The molecule has 0 aliphatic heterocycles. The van der Waals surface area contributed by atoms with Crippen LogP contribution >= 0.6 is 0 Å². The maximum absolute atomic E-state index is 14.3. The van der Waals surface area contributed by atoms with E-state index in [1.54, 1.807) is 26.0 Å². The van der Waals surface area contributed by atoms with E-state index in [2.05, 4.69) is 4.98 Å². The number of pyridine rings is 1. The average Bonchev–Trinajstić information content (AvgIpc) is 2.50. The summed E-state index contributed by atoms with van der Waals surface area (Å²) in [7, 11) is 0. The van der Waals surface area contributed by atoms with Crippen LogP contribution in [0.3, 0.4) is 0 Å². The van der Waals surface area contributed by atoms with Gasteiger partial charge in [0.2, 0.25) is 0 Å². The van der Waals surface area contributed by atoms with Crippen molar-refractivity contribution >= 4 is 0 Å². The smallest absolute Gasteiger partial charge is 0.421 e. The van der Waals surface area contributed by atoms with Crippen molar-refractivity contribution < 1.29 is 23.4 Å². The molecule has 0 aliphatic carbocycles. The molecule has 0 aliphatic rings. The molecular formula is C24H32F3NO2. The first-order valence-electron chi connectivity index (χ1n) is 9.98. The van der Waals surface area contributed by atoms with Gasteiger partial charge in [-0.15, -0.1) is 0 Å². The van der Waals surface area contributed by atoms with E-state index in [1.807, 2.05) is 41.5 Å². The fourth-order valence-corrected chi connectivity index (χ4v) is 3.58. The van der Waals surface area contributed by atoms with E-state index in [4.69, 9.17) is 0 Å². The summed E-state index contributed by atoms with van der Waals surface area (Å²) >= 11 is 0. The highest BCUT2D eigenvalue weighted by molar-refractivity contribution is 5.52. The lowest BCUT2D eigenvalue weighted by atomic mass is 9.75. The standard InChI is InChI=1S/C24H32F3NO2/c1-14-9-15(2)28-17(10-14)13-23(30,24(25,26)27)19-12-16(21(3,4)5)11-18(20(19)29)22(6,7)8/h9-12,29-30H,13H2,1-8H3. The lowest BCUT2D eigenvalue weighted by Crippen LogP contribution is -2.45. The van der Waals surface area contributed by atoms with E-state index in [-0.39, 0.29) is 5.69 Å². The molecule has 0 bridgehead atoms. The number of aromatic hydroxyl groups is 1. The fourth-order valence-electron chi connectivity index (χ4n) is 3.58. The lowest BCUT2D eigenvalue weighted by molar-refractivity contribution is -0.267. The number of hydrogen-bond donors (Lipinski definition) is 2. The maximum atomic E-state index is 14.3. The molecule has 30 heavy (non-hydrogen) atoms. The zero-order chi connectivity index (χ0) is 23.3. The fraction of sp³-hybridized carbons (Fsp3) is 0.542. The molecule has 0 amide bonds. The highest BCUT2D eigenvalue weighted by atomic mass is 19.4. The molecule has 166 valence electrons. The number of aliphatic hydroxyl groups is 1. The Morgan fingerprint density at radius 2 is 1.37 bits per heavy atom. The summed E-state index contributed by atoms with van der Waals surface area (Å²) in [5.41, 5.74) is -2.51. The molecule has 2 rings (SSSR count). The number of halogens is 3. The van der Waals surface area contributed by atoms with E-state index in [0.717, 1.165) is 5.56 Å². The number of nitrogens with zero attached hydrogens (tertiary/aromatic N) is 1. The number of hydrogen-bond acceptors (Lipinski definition) is 3. The minimum Gasteiger partial charge on any atom is -0.507 e. The highest BCUT2D eigenvalue weighted by Gasteiger charge is 2.57. The Labute approximate surface area is 177 Å². The highest BCUT2D eigenvalue weighted by Crippen LogP contribution is 2.48. The van der Waals surface area contributed by atoms with Crippen LogP contribution in [0, 0.1) is 13.8 Å². The topological polar surface area (TPSA) is 53.4 Å². The van der Waals surface area contributed by atoms with Gasteiger partial charge in [-0.1, -0.05) is 47.6 Å². The SMILES string of the molecule is Cc1cc(C)nc(CC(O)(c2cc(C(C)(C)C)cc(C(C)(C)C)c2O)C(F)(F)F)c1. The molecule has 1 aromatic heterocycles. The molecule has 1 heterocycles. The van der Waals surface area contributed by atoms with Crippen LogP contribution in [0.25, 0.3) is 0 Å². The van der Waals surface area contributed by atoms with Crippen LogP contribution in [0.4, 0.5) is 13.2 Å². The quantitative estimate of drug-likeness (QED) is 0.637. The van der Waals surface area contributed by atoms with Gasteiger partial charge < -0.3 is 10.2 Å². The molecule has 6 heteroatoms. The zero-order valence-corrected chi connectivity index (χ0v) is 19.0. The predicted octanol–water partition coefficient (Wildman–Crippen LogP) is 5.99. The first kappa shape index (κ1) is 24.2. The first-order valence-corrected chi connectivity index (χ1v) is 9.98. The lowest BCUT2D eigenvalue weighted by Gasteiger charge is -2.35. The van der Waals surface area contributed by atoms with E-state index < -0.39 is 40.3 Å². The van der Waals surface area contributed by atoms with Crippen molar-refractivity contribution in [3.8, 4) is 5.75 Å². The van der Waals surface area contributed by atoms with Gasteiger partial charge in [-0.25, -0.2) is 0 Å². The van der Waals surface area contributed by atoms with Crippen molar-refractivity contribution in [3.05, 3.63) is 57.9 Å². The summed E-state index contributed by atoms with van der Waals surface area (Å²) in [6, 6.07) is 6.29. The Kier molecular flexibility index (Phi) is 6.09. The van der Waals surface area contributed by atoms with Gasteiger partial charge in [0.25, 0.3) is 0 Å². The van der Waals surface area contributed by atoms with Crippen molar-refractivity contribution in [2.24, 2.45) is 0 Å². The number of aromatic nitrogens is 1. The molecule has 0 spiro atoms. The third-order valence-corrected chi connectivity index (χ3v) is 5.29. The van der Waals surface area contributed by atoms with Gasteiger partial charge in [0.1, 0.15) is 5.75 Å². The van der Waals surface area contributed by atoms with Gasteiger partial charge >= 0.3 is 6.18 Å². The van der Waals surface area contributed by atoms with Gasteiger partial charge in [-0.2, -0.15) is 13.2 Å². The number of alkyl halides is 3. The Morgan fingerprint density at radius 1 is 0.833 bits per heavy atom. The molecule has 0 saturated carbocycles. The van der Waals surface area contributed by atoms with Crippen LogP contribution in [0.1, 0.15) is 75.2 Å². The van der Waals surface area contributed by atoms with Gasteiger partial charge in [0.05, 0.1) is 0 Å². The molecule has 2 N–H and O–H groups in total. The van der Waals surface area contributed by atoms with Crippen LogP contribution in [0.5, 0.6) is 5.75 Å². The van der Waals surface area contributed by atoms with Crippen LogP contribution in [0.15, 0.2) is 24.3 Å². The second-order valence-electron chi connectivity index (χ2n) is 10.2. The van der Waals surface area contributed by atoms with Crippen LogP contribution < -0.4 is 0 Å². The number of benzene rings is 1. The molecule has 0 saturated heterocycles. The molecule has 1 unspecified atom stereocenters. The molecule has 1 aromatic carbocycles. The Morgan fingerprint density at radius 3 is 1.80 bits per heavy atom. The number of aryl methyl sites for hydroxylation is 2. The number of phenols is 1. The van der Waals surface area contributed by atoms with Crippen molar-refractivity contribution in [2.45, 2.75) is 84.4 Å².